The molecule has 27 heavy (non-hydrogen) atoms. The highest BCUT2D eigenvalue weighted by atomic mass is 35.5. The SMILES string of the molecule is Nc1cc(SCc2c(F)cccc2F)c(/N=N/c2ccc(Cl)cc2)c(N)n1. The van der Waals surface area contributed by atoms with Gasteiger partial charge in [-0.15, -0.1) is 16.9 Å². The molecule has 1 aromatic heterocycles. The number of thioether (sulfide) groups is 1. The van der Waals surface area contributed by atoms with Gasteiger partial charge in [0, 0.05) is 21.2 Å². The summed E-state index contributed by atoms with van der Waals surface area (Å²) in [6.07, 6.45) is 0. The second-order valence-electron chi connectivity index (χ2n) is 5.44. The molecule has 0 radical (unpaired) electrons. The van der Waals surface area contributed by atoms with Crippen LogP contribution in [0.3, 0.4) is 0 Å². The zero-order valence-corrected chi connectivity index (χ0v) is 15.4. The van der Waals surface area contributed by atoms with Crippen molar-refractivity contribution in [2.24, 2.45) is 10.2 Å². The van der Waals surface area contributed by atoms with E-state index in [1.54, 1.807) is 24.3 Å². The lowest BCUT2D eigenvalue weighted by Crippen LogP contribution is -1.98. The maximum Gasteiger partial charge on any atom is 0.154 e. The van der Waals surface area contributed by atoms with Crippen molar-refractivity contribution in [2.75, 3.05) is 11.5 Å². The van der Waals surface area contributed by atoms with Gasteiger partial charge in [0.05, 0.1) is 5.69 Å². The molecular weight excluding hydrogens is 392 g/mol. The average Bonchev–Trinajstić information content (AvgIpc) is 2.62. The van der Waals surface area contributed by atoms with E-state index < -0.39 is 11.6 Å². The minimum absolute atomic E-state index is 0.0326. The van der Waals surface area contributed by atoms with Crippen LogP contribution in [0.5, 0.6) is 0 Å². The first-order chi connectivity index (χ1) is 12.9. The van der Waals surface area contributed by atoms with Gasteiger partial charge in [-0.05, 0) is 42.5 Å². The number of nitrogens with zero attached hydrogens (tertiary/aromatic N) is 3. The van der Waals surface area contributed by atoms with Gasteiger partial charge in [-0.1, -0.05) is 17.7 Å². The average molecular weight is 406 g/mol. The Kier molecular flexibility index (Phi) is 5.88. The molecule has 0 saturated heterocycles. The Balaban J connectivity index is 1.89. The second-order valence-corrected chi connectivity index (χ2v) is 6.90. The van der Waals surface area contributed by atoms with E-state index in [4.69, 9.17) is 23.1 Å². The number of anilines is 2. The Labute approximate surface area is 163 Å². The van der Waals surface area contributed by atoms with Crippen molar-refractivity contribution in [3.8, 4) is 0 Å². The molecule has 3 rings (SSSR count). The van der Waals surface area contributed by atoms with Crippen LogP contribution in [-0.4, -0.2) is 4.98 Å². The van der Waals surface area contributed by atoms with Gasteiger partial charge < -0.3 is 11.5 Å². The van der Waals surface area contributed by atoms with E-state index in [9.17, 15) is 8.78 Å². The largest absolute Gasteiger partial charge is 0.384 e. The Morgan fingerprint density at radius 2 is 1.67 bits per heavy atom. The van der Waals surface area contributed by atoms with E-state index in [1.807, 2.05) is 0 Å². The number of hydrogen-bond acceptors (Lipinski definition) is 6. The minimum atomic E-state index is -0.623. The molecule has 0 aliphatic rings. The van der Waals surface area contributed by atoms with Gasteiger partial charge in [0.2, 0.25) is 0 Å². The number of azo groups is 1. The number of halogens is 3. The number of aromatic nitrogens is 1. The zero-order valence-electron chi connectivity index (χ0n) is 13.9. The molecule has 0 fully saturated rings. The van der Waals surface area contributed by atoms with Gasteiger partial charge in [-0.25, -0.2) is 13.8 Å². The quantitative estimate of drug-likeness (QED) is 0.409. The Morgan fingerprint density at radius 3 is 2.33 bits per heavy atom. The molecular formula is C18H14ClF2N5S. The third-order valence-corrected chi connectivity index (χ3v) is 4.84. The van der Waals surface area contributed by atoms with Gasteiger partial charge in [-0.3, -0.25) is 0 Å². The Morgan fingerprint density at radius 1 is 1.00 bits per heavy atom. The summed E-state index contributed by atoms with van der Waals surface area (Å²) in [6.45, 7) is 0. The van der Waals surface area contributed by atoms with E-state index in [0.29, 0.717) is 15.6 Å². The van der Waals surface area contributed by atoms with Gasteiger partial charge in [0.15, 0.2) is 5.82 Å². The van der Waals surface area contributed by atoms with Crippen LogP contribution in [0.25, 0.3) is 0 Å². The molecule has 1 heterocycles. The lowest BCUT2D eigenvalue weighted by molar-refractivity contribution is 0.566. The number of nitrogen functional groups attached to an aromatic ring is 2. The summed E-state index contributed by atoms with van der Waals surface area (Å²) in [5.41, 5.74) is 12.4. The van der Waals surface area contributed by atoms with E-state index >= 15 is 0 Å². The lowest BCUT2D eigenvalue weighted by atomic mass is 10.2. The normalized spacial score (nSPS) is 11.2. The van der Waals surface area contributed by atoms with Gasteiger partial charge in [-0.2, -0.15) is 5.11 Å². The number of rotatable bonds is 5. The van der Waals surface area contributed by atoms with Crippen molar-refractivity contribution in [1.29, 1.82) is 0 Å². The predicted octanol–water partition coefficient (Wildman–Crippen LogP) is 5.89. The molecule has 5 nitrogen and oxygen atoms in total. The molecule has 0 spiro atoms. The summed E-state index contributed by atoms with van der Waals surface area (Å²) in [5.74, 6) is -0.965. The van der Waals surface area contributed by atoms with Crippen LogP contribution >= 0.6 is 23.4 Å². The third-order valence-electron chi connectivity index (χ3n) is 3.53. The highest BCUT2D eigenvalue weighted by Gasteiger charge is 2.14. The van der Waals surface area contributed by atoms with E-state index in [-0.39, 0.29) is 28.6 Å². The first kappa shape index (κ1) is 19.1. The van der Waals surface area contributed by atoms with E-state index in [0.717, 1.165) is 11.8 Å². The van der Waals surface area contributed by atoms with Crippen molar-refractivity contribution < 1.29 is 8.78 Å². The summed E-state index contributed by atoms with van der Waals surface area (Å²) >= 11 is 6.98. The van der Waals surface area contributed by atoms with E-state index in [2.05, 4.69) is 15.2 Å². The molecule has 0 aliphatic heterocycles. The molecule has 2 aromatic carbocycles. The first-order valence-corrected chi connectivity index (χ1v) is 9.09. The van der Waals surface area contributed by atoms with Crippen molar-refractivity contribution in [3.05, 3.63) is 70.8 Å². The number of hydrogen-bond donors (Lipinski definition) is 2. The fraction of sp³-hybridized carbons (Fsp3) is 0.0556. The van der Waals surface area contributed by atoms with Gasteiger partial charge in [0.1, 0.15) is 23.1 Å². The summed E-state index contributed by atoms with van der Waals surface area (Å²) < 4.78 is 27.7. The van der Waals surface area contributed by atoms with Crippen molar-refractivity contribution in [2.45, 2.75) is 10.6 Å². The van der Waals surface area contributed by atoms with Gasteiger partial charge >= 0.3 is 0 Å². The molecule has 4 N–H and O–H groups in total. The Bertz CT molecular complexity index is 976. The molecule has 0 unspecified atom stereocenters. The summed E-state index contributed by atoms with van der Waals surface area (Å²) in [4.78, 5) is 4.48. The van der Waals surface area contributed by atoms with Crippen LogP contribution in [-0.2, 0) is 5.75 Å². The third kappa shape index (κ3) is 4.72. The fourth-order valence-corrected chi connectivity index (χ4v) is 3.39. The predicted molar refractivity (Wildman–Crippen MR) is 105 cm³/mol. The lowest BCUT2D eigenvalue weighted by Gasteiger charge is -2.09. The van der Waals surface area contributed by atoms with Crippen LogP contribution in [0.2, 0.25) is 5.02 Å². The number of nitrogens with two attached hydrogens (primary N) is 2. The monoisotopic (exact) mass is 405 g/mol. The number of benzene rings is 2. The minimum Gasteiger partial charge on any atom is -0.384 e. The van der Waals surface area contributed by atoms with Crippen molar-refractivity contribution >= 4 is 46.4 Å². The van der Waals surface area contributed by atoms with Gasteiger partial charge in [0.25, 0.3) is 0 Å². The smallest absolute Gasteiger partial charge is 0.154 e. The second kappa shape index (κ2) is 8.32. The van der Waals surface area contributed by atoms with Crippen LogP contribution in [0.4, 0.5) is 31.8 Å². The van der Waals surface area contributed by atoms with Crippen LogP contribution in [0.1, 0.15) is 5.56 Å². The Hall–Kier alpha value is -2.71. The maximum absolute atomic E-state index is 13.8. The molecule has 0 bridgehead atoms. The van der Waals surface area contributed by atoms with Crippen LogP contribution in [0, 0.1) is 11.6 Å². The van der Waals surface area contributed by atoms with Crippen LogP contribution < -0.4 is 11.5 Å². The highest BCUT2D eigenvalue weighted by Crippen LogP contribution is 2.38. The van der Waals surface area contributed by atoms with E-state index in [1.165, 1.54) is 24.3 Å². The van der Waals surface area contributed by atoms with Crippen LogP contribution in [0.15, 0.2) is 63.7 Å². The summed E-state index contributed by atoms with van der Waals surface area (Å²) in [7, 11) is 0. The molecule has 0 saturated carbocycles. The number of pyridine rings is 1. The zero-order chi connectivity index (χ0) is 19.4. The molecule has 3 aromatic rings. The topological polar surface area (TPSA) is 89.6 Å². The first-order valence-electron chi connectivity index (χ1n) is 7.73. The molecule has 0 aliphatic carbocycles. The highest BCUT2D eigenvalue weighted by molar-refractivity contribution is 7.98. The maximum atomic E-state index is 13.8. The van der Waals surface area contributed by atoms with Crippen molar-refractivity contribution in [3.63, 3.8) is 0 Å². The standard InChI is InChI=1S/C18H14ClF2N5S/c19-10-4-6-11(7-5-10)25-26-17-15(8-16(22)24-18(17)23)27-9-12-13(20)2-1-3-14(12)21/h1-8H,9H2,(H4,22,23,24)/b26-25+. The fourth-order valence-electron chi connectivity index (χ4n) is 2.20. The van der Waals surface area contributed by atoms with Crippen molar-refractivity contribution in [1.82, 2.24) is 4.98 Å². The summed E-state index contributed by atoms with van der Waals surface area (Å²) in [6, 6.07) is 12.0. The molecule has 0 amide bonds. The molecule has 9 heteroatoms. The molecule has 138 valence electrons. The summed E-state index contributed by atoms with van der Waals surface area (Å²) in [5, 5.41) is 8.81. The molecule has 0 atom stereocenters.